The summed E-state index contributed by atoms with van der Waals surface area (Å²) >= 11 is 2.11. The zero-order valence-corrected chi connectivity index (χ0v) is 49.0. The van der Waals surface area contributed by atoms with Gasteiger partial charge in [0.05, 0.1) is 89.2 Å². The summed E-state index contributed by atoms with van der Waals surface area (Å²) in [5.41, 5.74) is 1.42. The van der Waals surface area contributed by atoms with Gasteiger partial charge in [-0.25, -0.2) is 19.7 Å². The summed E-state index contributed by atoms with van der Waals surface area (Å²) in [4.78, 5) is 129. The van der Waals surface area contributed by atoms with Crippen molar-refractivity contribution in [2.45, 2.75) is 126 Å². The van der Waals surface area contributed by atoms with Gasteiger partial charge in [-0.1, -0.05) is 60.9 Å². The number of hydrogen-bond donors (Lipinski definition) is 0. The Kier molecular flexibility index (Phi) is 26.0. The molecule has 0 radical (unpaired) electrons. The Bertz CT molecular complexity index is 2920. The Morgan fingerprint density at radius 2 is 0.872 bits per heavy atom. The second-order valence-electron chi connectivity index (χ2n) is 20.1. The normalized spacial score (nSPS) is 17.4. The maximum Gasteiger partial charge on any atom is 0.330 e. The molecule has 22 nitrogen and oxygen atoms in total. The number of allylic oxidation sites excluding steroid dienone is 1. The zero-order chi connectivity index (χ0) is 62.1. The van der Waals surface area contributed by atoms with E-state index in [0.717, 1.165) is 46.8 Å². The van der Waals surface area contributed by atoms with Gasteiger partial charge in [0.15, 0.2) is 0 Å². The summed E-state index contributed by atoms with van der Waals surface area (Å²) in [5, 5.41) is 9.71. The average molecular weight is 1220 g/mol. The number of rotatable bonds is 28. The van der Waals surface area contributed by atoms with E-state index in [4.69, 9.17) is 53.9 Å². The van der Waals surface area contributed by atoms with Crippen LogP contribution in [0.25, 0.3) is 4.85 Å². The molecule has 0 spiro atoms. The maximum atomic E-state index is 13.7. The van der Waals surface area contributed by atoms with Gasteiger partial charge in [-0.2, -0.15) is 0 Å². The number of carbonyl (C=O) groups excluding carboxylic acids is 10. The minimum absolute atomic E-state index is 0.0485. The van der Waals surface area contributed by atoms with Crippen molar-refractivity contribution in [1.82, 2.24) is 0 Å². The van der Waals surface area contributed by atoms with Gasteiger partial charge in [-0.15, -0.1) is 0 Å². The number of nitriles is 1. The predicted molar refractivity (Wildman–Crippen MR) is 305 cm³/mol. The molecule has 2 unspecified atom stereocenters. The summed E-state index contributed by atoms with van der Waals surface area (Å²) in [6.07, 6.45) is 3.31. The van der Waals surface area contributed by atoms with Crippen molar-refractivity contribution < 1.29 is 95.3 Å². The van der Waals surface area contributed by atoms with Crippen LogP contribution in [0.15, 0.2) is 106 Å². The third-order valence-corrected chi connectivity index (χ3v) is 16.2. The number of nitrogens with zero attached hydrogens (tertiary/aromatic N) is 2. The molecular formula is C62H64N2O20S2. The van der Waals surface area contributed by atoms with Crippen molar-refractivity contribution in [2.75, 3.05) is 26.4 Å². The van der Waals surface area contributed by atoms with Crippen LogP contribution in [0.4, 0.5) is 0 Å². The number of esters is 10. The molecule has 2 saturated carbocycles. The SMILES string of the molecule is [C-]#[N+]C(C#N)=C1Sc2c(OC(=O)C3CCC(C(=O)Oc4ccc(CCOC(=O)CCC(=O)OC(C)COC(=O)C=C)cc4)CC3)ccc(OC(=O)C3CCC(C(=O)Oc4ccc(CCOC(=O)CCC(=O)OC(C)COC(=O)C=C)cc4)CC3)c2S1. The Balaban J connectivity index is 0.901. The first-order chi connectivity index (χ1) is 41.3. The van der Waals surface area contributed by atoms with Crippen LogP contribution in [0.5, 0.6) is 23.0 Å². The molecule has 2 atom stereocenters. The third kappa shape index (κ3) is 21.1. The standard InChI is InChI=1S/C62H64N2O20S2/c1-6-50(65)77-35-37(3)79-54(69)28-26-52(67)75-32-30-39-8-20-45(21-9-39)81-58(71)41-12-16-43(17-13-41)60(73)83-48-24-25-49(57-56(48)85-62(86-57)47(34-63)64-5)84-61(74)44-18-14-42(15-19-44)59(72)82-46-22-10-40(11-23-46)31-33-76-53(68)27-29-55(70)80-38(4)36-78-51(66)7-2/h6-11,20-25,37-38,41-44H,1-2,12-19,26-33,35-36H2,3-4H3. The lowest BCUT2D eigenvalue weighted by Gasteiger charge is -2.26. The topological polar surface area (TPSA) is 291 Å². The van der Waals surface area contributed by atoms with Gasteiger partial charge in [0, 0.05) is 25.0 Å². The number of benzene rings is 3. The van der Waals surface area contributed by atoms with Gasteiger partial charge in [0.1, 0.15) is 48.4 Å². The maximum absolute atomic E-state index is 13.7. The van der Waals surface area contributed by atoms with Gasteiger partial charge in [0.2, 0.25) is 0 Å². The van der Waals surface area contributed by atoms with Crippen molar-refractivity contribution >= 4 is 83.2 Å². The Morgan fingerprint density at radius 3 is 1.20 bits per heavy atom. The number of fused-ring (bicyclic) bond motifs is 1. The van der Waals surface area contributed by atoms with Crippen LogP contribution in [-0.4, -0.2) is 98.3 Å². The Morgan fingerprint density at radius 1 is 0.535 bits per heavy atom. The molecule has 0 bridgehead atoms. The van der Waals surface area contributed by atoms with Crippen LogP contribution in [0.2, 0.25) is 0 Å². The van der Waals surface area contributed by atoms with Crippen molar-refractivity contribution in [1.29, 1.82) is 5.26 Å². The number of thioether (sulfide) groups is 2. The Hall–Kier alpha value is -8.74. The minimum Gasteiger partial charge on any atom is -0.465 e. The lowest BCUT2D eigenvalue weighted by Crippen LogP contribution is -2.30. The fraction of sp³-hybridized carbons (Fsp3) is 0.419. The highest BCUT2D eigenvalue weighted by molar-refractivity contribution is 8.24. The summed E-state index contributed by atoms with van der Waals surface area (Å²) in [6, 6.07) is 18.3. The molecule has 1 aliphatic heterocycles. The molecule has 24 heteroatoms. The summed E-state index contributed by atoms with van der Waals surface area (Å²) in [7, 11) is 0. The van der Waals surface area contributed by atoms with E-state index in [2.05, 4.69) is 18.0 Å². The van der Waals surface area contributed by atoms with Crippen LogP contribution in [0, 0.1) is 41.6 Å². The van der Waals surface area contributed by atoms with E-state index >= 15 is 0 Å². The van der Waals surface area contributed by atoms with E-state index in [0.29, 0.717) is 89.7 Å². The highest BCUT2D eigenvalue weighted by Crippen LogP contribution is 2.59. The number of hydrogen-bond acceptors (Lipinski definition) is 23. The second kappa shape index (κ2) is 33.7. The lowest BCUT2D eigenvalue weighted by molar-refractivity contribution is -0.157. The highest BCUT2D eigenvalue weighted by Gasteiger charge is 2.37. The molecule has 1 heterocycles. The van der Waals surface area contributed by atoms with Gasteiger partial charge in [-0.05, 0) is 113 Å². The predicted octanol–water partition coefficient (Wildman–Crippen LogP) is 9.18. The van der Waals surface area contributed by atoms with Gasteiger partial charge in [-0.3, -0.25) is 38.4 Å². The zero-order valence-electron chi connectivity index (χ0n) is 47.4. The smallest absolute Gasteiger partial charge is 0.330 e. The van der Waals surface area contributed by atoms with Gasteiger partial charge in [0.25, 0.3) is 5.70 Å². The van der Waals surface area contributed by atoms with Crippen molar-refractivity contribution in [3.8, 4) is 29.1 Å². The summed E-state index contributed by atoms with van der Waals surface area (Å²) in [6.45, 7) is 17.0. The van der Waals surface area contributed by atoms with Gasteiger partial charge < -0.3 is 47.4 Å². The first-order valence-corrected chi connectivity index (χ1v) is 29.4. The molecule has 2 aliphatic carbocycles. The van der Waals surface area contributed by atoms with E-state index in [1.165, 1.54) is 12.1 Å². The quantitative estimate of drug-likeness (QED) is 0.0163. The van der Waals surface area contributed by atoms with Crippen LogP contribution < -0.4 is 18.9 Å². The molecule has 0 aromatic heterocycles. The fourth-order valence-corrected chi connectivity index (χ4v) is 11.4. The van der Waals surface area contributed by atoms with Crippen LogP contribution in [0.1, 0.15) is 102 Å². The van der Waals surface area contributed by atoms with Crippen molar-refractivity contribution in [3.63, 3.8) is 0 Å². The monoisotopic (exact) mass is 1220 g/mol. The molecule has 454 valence electrons. The molecule has 2 fully saturated rings. The van der Waals surface area contributed by atoms with Crippen LogP contribution in [-0.2, 0) is 89.2 Å². The molecule has 3 aliphatic rings. The molecule has 0 saturated heterocycles. The van der Waals surface area contributed by atoms with E-state index in [1.807, 2.05) is 6.07 Å². The molecule has 0 N–H and O–H groups in total. The van der Waals surface area contributed by atoms with E-state index in [9.17, 15) is 53.2 Å². The molecule has 6 rings (SSSR count). The summed E-state index contributed by atoms with van der Waals surface area (Å²) < 4.78 is 53.9. The van der Waals surface area contributed by atoms with Gasteiger partial charge >= 0.3 is 59.7 Å². The van der Waals surface area contributed by atoms with Crippen molar-refractivity contribution in [2.24, 2.45) is 23.7 Å². The Labute approximate surface area is 505 Å². The second-order valence-corrected chi connectivity index (χ2v) is 22.4. The summed E-state index contributed by atoms with van der Waals surface area (Å²) in [5.74, 6) is -6.81. The molecule has 86 heavy (non-hydrogen) atoms. The number of ether oxygens (including phenoxy) is 10. The molecule has 0 amide bonds. The van der Waals surface area contributed by atoms with E-state index in [-0.39, 0.29) is 69.3 Å². The molecule has 3 aromatic rings. The largest absolute Gasteiger partial charge is 0.465 e. The first kappa shape index (κ1) is 66.4. The first-order valence-electron chi connectivity index (χ1n) is 27.7. The van der Waals surface area contributed by atoms with Crippen LogP contribution in [0.3, 0.4) is 0 Å². The third-order valence-electron chi connectivity index (χ3n) is 13.6. The number of carbonyl (C=O) groups is 10. The minimum atomic E-state index is -0.699. The molecule has 3 aromatic carbocycles. The van der Waals surface area contributed by atoms with E-state index in [1.54, 1.807) is 62.4 Å². The van der Waals surface area contributed by atoms with Crippen LogP contribution >= 0.6 is 23.5 Å². The molecular weight excluding hydrogens is 1160 g/mol. The van der Waals surface area contributed by atoms with Crippen molar-refractivity contribution in [3.05, 3.63) is 118 Å². The van der Waals surface area contributed by atoms with E-state index < -0.39 is 95.6 Å². The average Bonchev–Trinajstić information content (AvgIpc) is 1.83. The lowest BCUT2D eigenvalue weighted by atomic mass is 9.82. The fourth-order valence-electron chi connectivity index (χ4n) is 8.93. The highest BCUT2D eigenvalue weighted by atomic mass is 32.2.